The molecule has 2 rings (SSSR count). The molecule has 2 heterocycles. The van der Waals surface area contributed by atoms with Crippen LogP contribution >= 0.6 is 0 Å². The van der Waals surface area contributed by atoms with Gasteiger partial charge in [0.2, 0.25) is 0 Å². The Morgan fingerprint density at radius 1 is 1.40 bits per heavy atom. The normalized spacial score (nSPS) is 20.1. The van der Waals surface area contributed by atoms with Gasteiger partial charge in [-0.25, -0.2) is 0 Å². The minimum absolute atomic E-state index is 0.486. The van der Waals surface area contributed by atoms with E-state index in [1.165, 1.54) is 32.4 Å². The second kappa shape index (κ2) is 7.74. The first kappa shape index (κ1) is 15.4. The molecule has 5 heteroatoms. The van der Waals surface area contributed by atoms with Crippen LogP contribution in [0.3, 0.4) is 0 Å². The van der Waals surface area contributed by atoms with Crippen molar-refractivity contribution < 1.29 is 0 Å². The van der Waals surface area contributed by atoms with E-state index in [9.17, 15) is 0 Å². The fourth-order valence-electron chi connectivity index (χ4n) is 2.84. The average Bonchev–Trinajstić information content (AvgIpc) is 3.03. The van der Waals surface area contributed by atoms with Gasteiger partial charge in [-0.1, -0.05) is 32.4 Å². The van der Waals surface area contributed by atoms with Gasteiger partial charge < -0.3 is 10.2 Å². The van der Waals surface area contributed by atoms with Crippen molar-refractivity contribution in [2.24, 2.45) is 5.92 Å². The maximum atomic E-state index is 4.21. The van der Waals surface area contributed by atoms with Gasteiger partial charge in [0, 0.05) is 31.9 Å². The zero-order valence-corrected chi connectivity index (χ0v) is 13.2. The number of rotatable bonds is 8. The molecule has 0 aliphatic carbocycles. The van der Waals surface area contributed by atoms with Crippen LogP contribution in [0.4, 0.5) is 0 Å². The van der Waals surface area contributed by atoms with Gasteiger partial charge in [0.25, 0.3) is 0 Å². The predicted octanol–water partition coefficient (Wildman–Crippen LogP) is 1.90. The van der Waals surface area contributed by atoms with E-state index in [2.05, 4.69) is 47.5 Å². The summed E-state index contributed by atoms with van der Waals surface area (Å²) in [5.74, 6) is 0.918. The van der Waals surface area contributed by atoms with Crippen molar-refractivity contribution in [1.29, 1.82) is 0 Å². The van der Waals surface area contributed by atoms with Crippen LogP contribution in [0.2, 0.25) is 0 Å². The van der Waals surface area contributed by atoms with Crippen LogP contribution in [0.15, 0.2) is 6.20 Å². The number of nitrogens with one attached hydrogen (secondary N) is 1. The smallest absolute Gasteiger partial charge is 0.0964 e. The molecule has 1 N–H and O–H groups in total. The van der Waals surface area contributed by atoms with E-state index in [0.717, 1.165) is 31.2 Å². The van der Waals surface area contributed by atoms with E-state index in [0.29, 0.717) is 6.04 Å². The highest BCUT2D eigenvalue weighted by Crippen LogP contribution is 2.20. The molecule has 5 nitrogen and oxygen atoms in total. The Bertz CT molecular complexity index is 387. The minimum Gasteiger partial charge on any atom is -0.309 e. The topological polar surface area (TPSA) is 46.0 Å². The Labute approximate surface area is 122 Å². The molecule has 1 aliphatic rings. The molecular weight excluding hydrogens is 250 g/mol. The third-order valence-electron chi connectivity index (χ3n) is 3.99. The molecule has 1 unspecified atom stereocenters. The molecule has 1 aromatic rings. The number of aromatic nitrogens is 3. The van der Waals surface area contributed by atoms with Crippen molar-refractivity contribution in [3.63, 3.8) is 0 Å². The van der Waals surface area contributed by atoms with Crippen LogP contribution in [0.1, 0.15) is 45.7 Å². The lowest BCUT2D eigenvalue weighted by atomic mass is 10.0. The van der Waals surface area contributed by atoms with Crippen LogP contribution < -0.4 is 5.32 Å². The number of hydrogen-bond donors (Lipinski definition) is 1. The van der Waals surface area contributed by atoms with E-state index < -0.39 is 0 Å². The zero-order chi connectivity index (χ0) is 14.4. The highest BCUT2D eigenvalue weighted by atomic mass is 15.4. The first-order chi connectivity index (χ1) is 9.67. The SMILES string of the molecule is CCCC1CCN(CCn2cc(CNC(C)C)nn2)C1. The summed E-state index contributed by atoms with van der Waals surface area (Å²) in [6.07, 6.45) is 6.13. The lowest BCUT2D eigenvalue weighted by Gasteiger charge is -2.15. The number of hydrogen-bond acceptors (Lipinski definition) is 4. The molecule has 1 fully saturated rings. The van der Waals surface area contributed by atoms with E-state index >= 15 is 0 Å². The van der Waals surface area contributed by atoms with Crippen LogP contribution in [0, 0.1) is 5.92 Å². The quantitative estimate of drug-likeness (QED) is 0.789. The van der Waals surface area contributed by atoms with E-state index in [1.807, 2.05) is 4.68 Å². The summed E-state index contributed by atoms with van der Waals surface area (Å²) in [5.41, 5.74) is 1.03. The average molecular weight is 279 g/mol. The Morgan fingerprint density at radius 3 is 3.00 bits per heavy atom. The standard InChI is InChI=1S/C15H29N5/c1-4-5-14-6-7-19(11-14)8-9-20-12-15(17-18-20)10-16-13(2)3/h12-14,16H,4-11H2,1-3H3. The fraction of sp³-hybridized carbons (Fsp3) is 0.867. The molecule has 0 aromatic carbocycles. The van der Waals surface area contributed by atoms with Gasteiger partial charge in [-0.2, -0.15) is 0 Å². The Morgan fingerprint density at radius 2 is 2.25 bits per heavy atom. The highest BCUT2D eigenvalue weighted by Gasteiger charge is 2.21. The summed E-state index contributed by atoms with van der Waals surface area (Å²) in [6.45, 7) is 11.9. The fourth-order valence-corrected chi connectivity index (χ4v) is 2.84. The van der Waals surface area contributed by atoms with Gasteiger partial charge in [0.05, 0.1) is 12.2 Å². The molecule has 1 aliphatic heterocycles. The van der Waals surface area contributed by atoms with Crippen molar-refractivity contribution in [3.05, 3.63) is 11.9 Å². The van der Waals surface area contributed by atoms with Crippen molar-refractivity contribution in [3.8, 4) is 0 Å². The monoisotopic (exact) mass is 279 g/mol. The molecule has 0 saturated carbocycles. The van der Waals surface area contributed by atoms with E-state index in [4.69, 9.17) is 0 Å². The maximum absolute atomic E-state index is 4.21. The largest absolute Gasteiger partial charge is 0.309 e. The summed E-state index contributed by atoms with van der Waals surface area (Å²) in [6, 6.07) is 0.486. The van der Waals surface area contributed by atoms with Gasteiger partial charge in [-0.05, 0) is 25.3 Å². The van der Waals surface area contributed by atoms with Gasteiger partial charge in [0.1, 0.15) is 0 Å². The molecule has 0 bridgehead atoms. The van der Waals surface area contributed by atoms with Crippen LogP contribution in [-0.4, -0.2) is 45.6 Å². The molecular formula is C15H29N5. The summed E-state index contributed by atoms with van der Waals surface area (Å²) in [4.78, 5) is 2.56. The first-order valence-electron chi connectivity index (χ1n) is 8.02. The molecule has 1 atom stereocenters. The molecule has 1 aromatic heterocycles. The molecule has 0 amide bonds. The second-order valence-electron chi connectivity index (χ2n) is 6.25. The van der Waals surface area contributed by atoms with Crippen molar-refractivity contribution >= 4 is 0 Å². The van der Waals surface area contributed by atoms with Crippen LogP contribution in [0.5, 0.6) is 0 Å². The van der Waals surface area contributed by atoms with Gasteiger partial charge in [-0.15, -0.1) is 5.10 Å². The lowest BCUT2D eigenvalue weighted by Crippen LogP contribution is -2.25. The third-order valence-corrected chi connectivity index (χ3v) is 3.99. The Balaban J connectivity index is 1.69. The lowest BCUT2D eigenvalue weighted by molar-refractivity contribution is 0.299. The summed E-state index contributed by atoms with van der Waals surface area (Å²) >= 11 is 0. The number of nitrogens with zero attached hydrogens (tertiary/aromatic N) is 4. The summed E-state index contributed by atoms with van der Waals surface area (Å²) < 4.78 is 1.98. The minimum atomic E-state index is 0.486. The molecule has 0 radical (unpaired) electrons. The Hall–Kier alpha value is -0.940. The van der Waals surface area contributed by atoms with E-state index in [-0.39, 0.29) is 0 Å². The van der Waals surface area contributed by atoms with E-state index in [1.54, 1.807) is 0 Å². The predicted molar refractivity (Wildman–Crippen MR) is 81.5 cm³/mol. The molecule has 20 heavy (non-hydrogen) atoms. The Kier molecular flexibility index (Phi) is 5.98. The zero-order valence-electron chi connectivity index (χ0n) is 13.2. The second-order valence-corrected chi connectivity index (χ2v) is 6.25. The summed E-state index contributed by atoms with van der Waals surface area (Å²) in [7, 11) is 0. The van der Waals surface area contributed by atoms with Gasteiger partial charge in [0.15, 0.2) is 0 Å². The van der Waals surface area contributed by atoms with Gasteiger partial charge in [-0.3, -0.25) is 4.68 Å². The molecule has 1 saturated heterocycles. The third kappa shape index (κ3) is 4.87. The number of likely N-dealkylation sites (tertiary alicyclic amines) is 1. The highest BCUT2D eigenvalue weighted by molar-refractivity contribution is 4.92. The maximum Gasteiger partial charge on any atom is 0.0964 e. The van der Waals surface area contributed by atoms with Crippen LogP contribution in [0.25, 0.3) is 0 Å². The molecule has 0 spiro atoms. The summed E-state index contributed by atoms with van der Waals surface area (Å²) in [5, 5.41) is 11.8. The van der Waals surface area contributed by atoms with Crippen molar-refractivity contribution in [2.45, 2.75) is 59.2 Å². The first-order valence-corrected chi connectivity index (χ1v) is 8.02. The van der Waals surface area contributed by atoms with Crippen molar-refractivity contribution in [1.82, 2.24) is 25.2 Å². The van der Waals surface area contributed by atoms with Crippen molar-refractivity contribution in [2.75, 3.05) is 19.6 Å². The van der Waals surface area contributed by atoms with Gasteiger partial charge >= 0.3 is 0 Å². The molecule has 114 valence electrons. The van der Waals surface area contributed by atoms with Crippen LogP contribution in [-0.2, 0) is 13.1 Å².